The van der Waals surface area contributed by atoms with Crippen molar-refractivity contribution in [2.24, 2.45) is 0 Å². The lowest BCUT2D eigenvalue weighted by Gasteiger charge is -1.93. The van der Waals surface area contributed by atoms with E-state index >= 15 is 0 Å². The third kappa shape index (κ3) is 2.65. The van der Waals surface area contributed by atoms with Gasteiger partial charge in [0, 0.05) is 0 Å². The van der Waals surface area contributed by atoms with E-state index in [1.165, 1.54) is 11.3 Å². The highest BCUT2D eigenvalue weighted by Crippen LogP contribution is 2.22. The smallest absolute Gasteiger partial charge is 0.329 e. The Bertz CT molecular complexity index is 466. The Kier molecular flexibility index (Phi) is 3.28. The third-order valence-corrected chi connectivity index (χ3v) is 2.51. The zero-order chi connectivity index (χ0) is 11.4. The van der Waals surface area contributed by atoms with E-state index in [1.54, 1.807) is 0 Å². The van der Waals surface area contributed by atoms with Crippen molar-refractivity contribution in [3.63, 3.8) is 0 Å². The number of ether oxygens (including phenoxy) is 1. The maximum atomic E-state index is 10.2. The van der Waals surface area contributed by atoms with Crippen molar-refractivity contribution in [1.82, 2.24) is 10.1 Å². The van der Waals surface area contributed by atoms with Crippen LogP contribution >= 0.6 is 11.3 Å². The molecule has 0 spiro atoms. The van der Waals surface area contributed by atoms with Crippen molar-refractivity contribution in [1.29, 1.82) is 0 Å². The number of rotatable bonds is 5. The number of aliphatic carboxylic acids is 1. The summed E-state index contributed by atoms with van der Waals surface area (Å²) in [7, 11) is 0. The maximum absolute atomic E-state index is 10.2. The molecule has 0 fully saturated rings. The highest BCUT2D eigenvalue weighted by atomic mass is 32.1. The van der Waals surface area contributed by atoms with Gasteiger partial charge in [0.1, 0.15) is 13.2 Å². The van der Waals surface area contributed by atoms with E-state index in [0.717, 1.165) is 4.88 Å². The SMILES string of the molecule is O=C(O)COCc1noc(-c2cccs2)n1. The molecule has 7 heteroatoms. The molecule has 0 amide bonds. The first kappa shape index (κ1) is 10.8. The van der Waals surface area contributed by atoms with Crippen molar-refractivity contribution in [2.75, 3.05) is 6.61 Å². The molecule has 0 atom stereocenters. The topological polar surface area (TPSA) is 85.5 Å². The zero-order valence-corrected chi connectivity index (χ0v) is 8.94. The fraction of sp³-hybridized carbons (Fsp3) is 0.222. The molecule has 16 heavy (non-hydrogen) atoms. The minimum Gasteiger partial charge on any atom is -0.480 e. The maximum Gasteiger partial charge on any atom is 0.329 e. The van der Waals surface area contributed by atoms with Crippen LogP contribution in [0.25, 0.3) is 10.8 Å². The highest BCUT2D eigenvalue weighted by molar-refractivity contribution is 7.13. The van der Waals surface area contributed by atoms with E-state index in [4.69, 9.17) is 14.4 Å². The second-order valence-corrected chi connectivity index (χ2v) is 3.83. The first-order chi connectivity index (χ1) is 7.75. The van der Waals surface area contributed by atoms with Gasteiger partial charge in [-0.1, -0.05) is 11.2 Å². The molecular formula is C9H8N2O4S. The van der Waals surface area contributed by atoms with Gasteiger partial charge >= 0.3 is 5.97 Å². The number of carboxylic acids is 1. The third-order valence-electron chi connectivity index (χ3n) is 1.66. The summed E-state index contributed by atoms with van der Waals surface area (Å²) in [6.45, 7) is -0.343. The van der Waals surface area contributed by atoms with Gasteiger partial charge in [0.2, 0.25) is 0 Å². The van der Waals surface area contributed by atoms with E-state index in [-0.39, 0.29) is 13.2 Å². The summed E-state index contributed by atoms with van der Waals surface area (Å²) >= 11 is 1.49. The van der Waals surface area contributed by atoms with Crippen molar-refractivity contribution in [3.05, 3.63) is 23.3 Å². The van der Waals surface area contributed by atoms with Crippen LogP contribution in [0, 0.1) is 0 Å². The molecule has 0 saturated carbocycles. The van der Waals surface area contributed by atoms with Crippen molar-refractivity contribution >= 4 is 17.3 Å². The molecule has 0 bridgehead atoms. The molecule has 1 N–H and O–H groups in total. The van der Waals surface area contributed by atoms with Gasteiger partial charge < -0.3 is 14.4 Å². The Balaban J connectivity index is 1.95. The van der Waals surface area contributed by atoms with Crippen LogP contribution in [0.15, 0.2) is 22.0 Å². The molecule has 0 aliphatic carbocycles. The normalized spacial score (nSPS) is 10.5. The number of hydrogen-bond donors (Lipinski definition) is 1. The number of aromatic nitrogens is 2. The standard InChI is InChI=1S/C9H8N2O4S/c12-8(13)5-14-4-7-10-9(15-11-7)6-2-1-3-16-6/h1-3H,4-5H2,(H,12,13). The molecule has 2 rings (SSSR count). The highest BCUT2D eigenvalue weighted by Gasteiger charge is 2.09. The van der Waals surface area contributed by atoms with Crippen LogP contribution in [0.1, 0.15) is 5.82 Å². The average molecular weight is 240 g/mol. The van der Waals surface area contributed by atoms with E-state index in [1.807, 2.05) is 17.5 Å². The number of thiophene rings is 1. The Labute approximate surface area is 94.5 Å². The van der Waals surface area contributed by atoms with E-state index in [0.29, 0.717) is 11.7 Å². The van der Waals surface area contributed by atoms with Crippen LogP contribution < -0.4 is 0 Å². The Morgan fingerprint density at radius 3 is 3.19 bits per heavy atom. The second kappa shape index (κ2) is 4.86. The molecule has 84 valence electrons. The van der Waals surface area contributed by atoms with Gasteiger partial charge in [0.25, 0.3) is 5.89 Å². The quantitative estimate of drug-likeness (QED) is 0.850. The van der Waals surface area contributed by atoms with E-state index < -0.39 is 5.97 Å². The van der Waals surface area contributed by atoms with Gasteiger partial charge in [0.15, 0.2) is 5.82 Å². The predicted molar refractivity (Wildman–Crippen MR) is 54.9 cm³/mol. The molecule has 0 aliphatic rings. The Hall–Kier alpha value is -1.73. The molecule has 0 aliphatic heterocycles. The molecular weight excluding hydrogens is 232 g/mol. The summed E-state index contributed by atoms with van der Waals surface area (Å²) in [5.74, 6) is -0.268. The molecule has 2 aromatic rings. The Morgan fingerprint density at radius 1 is 1.62 bits per heavy atom. The number of nitrogens with zero attached hydrogens (tertiary/aromatic N) is 2. The lowest BCUT2D eigenvalue weighted by molar-refractivity contribution is -0.142. The second-order valence-electron chi connectivity index (χ2n) is 2.88. The van der Waals surface area contributed by atoms with E-state index in [2.05, 4.69) is 10.1 Å². The van der Waals surface area contributed by atoms with Crippen LogP contribution in [-0.4, -0.2) is 27.8 Å². The summed E-state index contributed by atoms with van der Waals surface area (Å²) < 4.78 is 9.82. The molecule has 0 unspecified atom stereocenters. The first-order valence-electron chi connectivity index (χ1n) is 4.41. The fourth-order valence-corrected chi connectivity index (χ4v) is 1.69. The minimum atomic E-state index is -1.03. The summed E-state index contributed by atoms with van der Waals surface area (Å²) in [6.07, 6.45) is 0. The molecule has 0 radical (unpaired) electrons. The van der Waals surface area contributed by atoms with Crippen LogP contribution in [0.4, 0.5) is 0 Å². The molecule has 0 saturated heterocycles. The number of carbonyl (C=O) groups is 1. The summed E-state index contributed by atoms with van der Waals surface area (Å²) in [6, 6.07) is 3.74. The Morgan fingerprint density at radius 2 is 2.50 bits per heavy atom. The van der Waals surface area contributed by atoms with Gasteiger partial charge in [-0.05, 0) is 11.4 Å². The van der Waals surface area contributed by atoms with Crippen molar-refractivity contribution in [3.8, 4) is 10.8 Å². The monoisotopic (exact) mass is 240 g/mol. The zero-order valence-electron chi connectivity index (χ0n) is 8.12. The number of hydrogen-bond acceptors (Lipinski definition) is 6. The van der Waals surface area contributed by atoms with Gasteiger partial charge in [-0.25, -0.2) is 4.79 Å². The largest absolute Gasteiger partial charge is 0.480 e. The summed E-state index contributed by atoms with van der Waals surface area (Å²) in [5.41, 5.74) is 0. The summed E-state index contributed by atoms with van der Waals surface area (Å²) in [5, 5.41) is 13.9. The molecule has 2 aromatic heterocycles. The summed E-state index contributed by atoms with van der Waals surface area (Å²) in [4.78, 5) is 15.1. The lowest BCUT2D eigenvalue weighted by atomic mass is 10.5. The predicted octanol–water partition coefficient (Wildman–Crippen LogP) is 1.40. The van der Waals surface area contributed by atoms with Crippen molar-refractivity contribution in [2.45, 2.75) is 6.61 Å². The van der Waals surface area contributed by atoms with Crippen LogP contribution in [0.5, 0.6) is 0 Å². The first-order valence-corrected chi connectivity index (χ1v) is 5.29. The van der Waals surface area contributed by atoms with Gasteiger partial charge in [-0.3, -0.25) is 0 Å². The fourth-order valence-electron chi connectivity index (χ4n) is 1.04. The van der Waals surface area contributed by atoms with E-state index in [9.17, 15) is 4.79 Å². The molecule has 0 aromatic carbocycles. The lowest BCUT2D eigenvalue weighted by Crippen LogP contribution is -2.07. The average Bonchev–Trinajstić information content (AvgIpc) is 2.85. The van der Waals surface area contributed by atoms with Crippen LogP contribution in [0.3, 0.4) is 0 Å². The van der Waals surface area contributed by atoms with Gasteiger partial charge in [-0.2, -0.15) is 4.98 Å². The molecule has 6 nitrogen and oxygen atoms in total. The minimum absolute atomic E-state index is 0.0289. The number of carboxylic acid groups (broad SMARTS) is 1. The van der Waals surface area contributed by atoms with Gasteiger partial charge in [0.05, 0.1) is 4.88 Å². The van der Waals surface area contributed by atoms with Crippen LogP contribution in [0.2, 0.25) is 0 Å². The van der Waals surface area contributed by atoms with Gasteiger partial charge in [-0.15, -0.1) is 11.3 Å². The van der Waals surface area contributed by atoms with Crippen molar-refractivity contribution < 1.29 is 19.2 Å². The molecule has 2 heterocycles. The van der Waals surface area contributed by atoms with Crippen LogP contribution in [-0.2, 0) is 16.1 Å².